The van der Waals surface area contributed by atoms with Crippen LogP contribution in [0.5, 0.6) is 0 Å². The fourth-order valence-electron chi connectivity index (χ4n) is 7.34. The van der Waals surface area contributed by atoms with Crippen LogP contribution in [0.4, 0.5) is 11.6 Å². The van der Waals surface area contributed by atoms with Gasteiger partial charge < -0.3 is 25.8 Å². The lowest BCUT2D eigenvalue weighted by atomic mass is 9.62. The van der Waals surface area contributed by atoms with Gasteiger partial charge in [-0.05, 0) is 56.0 Å². The van der Waals surface area contributed by atoms with Crippen molar-refractivity contribution < 1.29 is 0 Å². The lowest BCUT2D eigenvalue weighted by Crippen LogP contribution is -2.55. The summed E-state index contributed by atoms with van der Waals surface area (Å²) in [5.74, 6) is 1.28. The van der Waals surface area contributed by atoms with Gasteiger partial charge in [-0.15, -0.1) is 0 Å². The third kappa shape index (κ3) is 4.11. The van der Waals surface area contributed by atoms with Crippen molar-refractivity contribution in [3.63, 3.8) is 0 Å². The highest BCUT2D eigenvalue weighted by Gasteiger charge is 2.53. The maximum absolute atomic E-state index is 6.56. The van der Waals surface area contributed by atoms with E-state index in [0.717, 1.165) is 74.3 Å². The van der Waals surface area contributed by atoms with E-state index in [1.165, 1.54) is 11.3 Å². The molecule has 0 amide bonds. The van der Waals surface area contributed by atoms with E-state index in [0.29, 0.717) is 18.3 Å². The van der Waals surface area contributed by atoms with Crippen LogP contribution in [0.1, 0.15) is 42.1 Å². The molecule has 40 heavy (non-hydrogen) atoms. The highest BCUT2D eigenvalue weighted by atomic mass is 15.3. The minimum Gasteiger partial charge on any atom is -0.382 e. The second-order valence-electron chi connectivity index (χ2n) is 11.7. The molecule has 1 saturated carbocycles. The van der Waals surface area contributed by atoms with Crippen LogP contribution in [0.15, 0.2) is 65.9 Å². The van der Waals surface area contributed by atoms with Crippen molar-refractivity contribution in [2.45, 2.75) is 37.1 Å². The maximum atomic E-state index is 6.56. The Kier molecular flexibility index (Phi) is 6.19. The molecule has 1 spiro atoms. The fourth-order valence-corrected chi connectivity index (χ4v) is 7.34. The molecule has 9 nitrogen and oxygen atoms in total. The second-order valence-corrected chi connectivity index (χ2v) is 11.7. The predicted octanol–water partition coefficient (Wildman–Crippen LogP) is 3.40. The summed E-state index contributed by atoms with van der Waals surface area (Å²) in [5, 5.41) is 0.935. The van der Waals surface area contributed by atoms with Gasteiger partial charge in [-0.3, -0.25) is 9.98 Å². The molecule has 4 N–H and O–H groups in total. The standard InChI is InChI=1S/C31H37N9/c1-38-12-14-39(15-13-38)24-10-11-26(34-19-24)25-9-5-8-23(16-21-6-3-2-4-7-21)31(25)20-36-28(32)27-17-22-18-35-30(33)37-29(22)40(27)31/h2-4,6-7,10-11,17-19,23,25H,5,8-9,12-16,20H2,1H3,(H2,32,36)(H2,33,35,37). The van der Waals surface area contributed by atoms with Gasteiger partial charge in [0.2, 0.25) is 5.95 Å². The van der Waals surface area contributed by atoms with Gasteiger partial charge in [-0.25, -0.2) is 4.98 Å². The number of aromatic nitrogens is 4. The zero-order valence-electron chi connectivity index (χ0n) is 23.1. The first-order valence-corrected chi connectivity index (χ1v) is 14.4. The van der Waals surface area contributed by atoms with Crippen molar-refractivity contribution in [3.05, 3.63) is 77.9 Å². The highest BCUT2D eigenvalue weighted by molar-refractivity contribution is 6.01. The van der Waals surface area contributed by atoms with Gasteiger partial charge in [-0.2, -0.15) is 4.98 Å². The molecule has 0 radical (unpaired) electrons. The zero-order chi connectivity index (χ0) is 27.3. The number of nitrogen functional groups attached to an aromatic ring is 1. The van der Waals surface area contributed by atoms with Crippen molar-refractivity contribution in [2.75, 3.05) is 50.4 Å². The summed E-state index contributed by atoms with van der Waals surface area (Å²) in [6, 6.07) is 17.4. The number of hydrogen-bond acceptors (Lipinski definition) is 8. The first kappa shape index (κ1) is 25.0. The summed E-state index contributed by atoms with van der Waals surface area (Å²) >= 11 is 0. The lowest BCUT2D eigenvalue weighted by molar-refractivity contribution is 0.0815. The van der Waals surface area contributed by atoms with E-state index in [1.807, 2.05) is 0 Å². The molecule has 0 bridgehead atoms. The topological polar surface area (TPSA) is 114 Å². The number of fused-ring (bicyclic) bond motifs is 4. The van der Waals surface area contributed by atoms with Crippen molar-refractivity contribution in [3.8, 4) is 0 Å². The summed E-state index contributed by atoms with van der Waals surface area (Å²) < 4.78 is 2.37. The molecular weight excluding hydrogens is 498 g/mol. The SMILES string of the molecule is CN1CCN(c2ccc(C3CCCC(Cc4ccccc4)C34CN=C(N)c3cc5cnc(N)nc5n34)nc2)CC1. The van der Waals surface area contributed by atoms with Crippen molar-refractivity contribution in [2.24, 2.45) is 16.6 Å². The number of aliphatic imine (C=N–C) groups is 1. The Morgan fingerprint density at radius 1 is 0.950 bits per heavy atom. The molecule has 1 saturated heterocycles. The average molecular weight is 536 g/mol. The summed E-state index contributed by atoms with van der Waals surface area (Å²) in [6.07, 6.45) is 8.09. The molecule has 9 heteroatoms. The molecule has 4 aromatic rings. The number of anilines is 2. The minimum atomic E-state index is -0.378. The van der Waals surface area contributed by atoms with Crippen LogP contribution in [0.25, 0.3) is 11.0 Å². The first-order valence-electron chi connectivity index (χ1n) is 14.4. The molecule has 1 aromatic carbocycles. The molecule has 2 aliphatic heterocycles. The highest BCUT2D eigenvalue weighted by Crippen LogP contribution is 2.53. The molecule has 5 heterocycles. The Balaban J connectivity index is 1.36. The Morgan fingerprint density at radius 3 is 2.55 bits per heavy atom. The van der Waals surface area contributed by atoms with Gasteiger partial charge in [0.05, 0.1) is 29.7 Å². The molecule has 3 atom stereocenters. The average Bonchev–Trinajstić information content (AvgIpc) is 3.37. The van der Waals surface area contributed by atoms with Crippen LogP contribution in [-0.4, -0.2) is 70.0 Å². The molecule has 3 aromatic heterocycles. The lowest BCUT2D eigenvalue weighted by Gasteiger charge is -2.52. The second kappa shape index (κ2) is 9.89. The number of amidine groups is 1. The molecule has 7 rings (SSSR count). The van der Waals surface area contributed by atoms with Gasteiger partial charge in [0, 0.05) is 49.4 Å². The molecular formula is C31H37N9. The van der Waals surface area contributed by atoms with Crippen LogP contribution in [0.2, 0.25) is 0 Å². The molecule has 1 aliphatic carbocycles. The largest absolute Gasteiger partial charge is 0.382 e. The molecule has 206 valence electrons. The van der Waals surface area contributed by atoms with E-state index in [9.17, 15) is 0 Å². The molecule has 3 unspecified atom stereocenters. The van der Waals surface area contributed by atoms with Gasteiger partial charge in [0.1, 0.15) is 11.5 Å². The number of nitrogens with zero attached hydrogens (tertiary/aromatic N) is 7. The molecule has 2 fully saturated rings. The number of piperazine rings is 1. The smallest absolute Gasteiger partial charge is 0.221 e. The Bertz CT molecular complexity index is 1540. The van der Waals surface area contributed by atoms with Crippen LogP contribution in [0.3, 0.4) is 0 Å². The van der Waals surface area contributed by atoms with E-state index >= 15 is 0 Å². The zero-order valence-corrected chi connectivity index (χ0v) is 23.1. The van der Waals surface area contributed by atoms with E-state index in [-0.39, 0.29) is 17.4 Å². The van der Waals surface area contributed by atoms with E-state index in [2.05, 4.69) is 81.1 Å². The van der Waals surface area contributed by atoms with Gasteiger partial charge >= 0.3 is 0 Å². The molecule has 3 aliphatic rings. The first-order chi connectivity index (χ1) is 19.5. The van der Waals surface area contributed by atoms with Crippen LogP contribution < -0.4 is 16.4 Å². The third-order valence-electron chi connectivity index (χ3n) is 9.42. The number of likely N-dealkylation sites (N-methyl/N-ethyl adjacent to an activating group) is 1. The number of rotatable bonds is 4. The summed E-state index contributed by atoms with van der Waals surface area (Å²) in [5.41, 5.74) is 17.7. The summed E-state index contributed by atoms with van der Waals surface area (Å²) in [6.45, 7) is 4.78. The normalized spacial score (nSPS) is 25.2. The predicted molar refractivity (Wildman–Crippen MR) is 160 cm³/mol. The number of nitrogens with two attached hydrogens (primary N) is 2. The van der Waals surface area contributed by atoms with E-state index in [4.69, 9.17) is 26.4 Å². The number of pyridine rings is 1. The maximum Gasteiger partial charge on any atom is 0.221 e. The minimum absolute atomic E-state index is 0.152. The van der Waals surface area contributed by atoms with Crippen LogP contribution >= 0.6 is 0 Å². The van der Waals surface area contributed by atoms with E-state index < -0.39 is 0 Å². The van der Waals surface area contributed by atoms with Gasteiger partial charge in [-0.1, -0.05) is 36.8 Å². The van der Waals surface area contributed by atoms with E-state index in [1.54, 1.807) is 6.20 Å². The van der Waals surface area contributed by atoms with Crippen molar-refractivity contribution >= 4 is 28.5 Å². The van der Waals surface area contributed by atoms with Crippen molar-refractivity contribution in [1.82, 2.24) is 24.4 Å². The quantitative estimate of drug-likeness (QED) is 0.412. The Labute approximate surface area is 234 Å². The monoisotopic (exact) mass is 535 g/mol. The summed E-state index contributed by atoms with van der Waals surface area (Å²) in [4.78, 5) is 24.0. The van der Waals surface area contributed by atoms with Crippen LogP contribution in [-0.2, 0) is 12.0 Å². The van der Waals surface area contributed by atoms with Gasteiger partial charge in [0.25, 0.3) is 0 Å². The Morgan fingerprint density at radius 2 is 1.77 bits per heavy atom. The van der Waals surface area contributed by atoms with Gasteiger partial charge in [0.15, 0.2) is 0 Å². The van der Waals surface area contributed by atoms with Crippen LogP contribution in [0, 0.1) is 5.92 Å². The fraction of sp³-hybridized carbons (Fsp3) is 0.419. The third-order valence-corrected chi connectivity index (χ3v) is 9.42. The number of benzene rings is 1. The Hall–Kier alpha value is -3.98. The summed E-state index contributed by atoms with van der Waals surface area (Å²) in [7, 11) is 2.18. The van der Waals surface area contributed by atoms with Crippen molar-refractivity contribution in [1.29, 1.82) is 0 Å². The number of hydrogen-bond donors (Lipinski definition) is 2.